The minimum absolute atomic E-state index is 0.134. The Bertz CT molecular complexity index is 1230. The SMILES string of the molecule is C=C1Nc2cc(C#N)ccc2CC(=O)C2=C(CC=C(N3CCC(NC4CCC4)CC3)C(CC)=C2)C1(C)C. The molecule has 2 aliphatic heterocycles. The number of nitrogens with zero attached hydrogens (tertiary/aromatic N) is 2. The van der Waals surface area contributed by atoms with Crippen LogP contribution in [0.3, 0.4) is 0 Å². The number of anilines is 1. The molecule has 0 amide bonds. The Morgan fingerprint density at radius 1 is 1.19 bits per heavy atom. The van der Waals surface area contributed by atoms with Gasteiger partial charge in [-0.15, -0.1) is 0 Å². The first-order valence-electron chi connectivity index (χ1n) is 14.0. The van der Waals surface area contributed by atoms with E-state index in [0.717, 1.165) is 60.1 Å². The van der Waals surface area contributed by atoms with Gasteiger partial charge in [-0.1, -0.05) is 45.9 Å². The number of ketones is 1. The third-order valence-corrected chi connectivity index (χ3v) is 8.95. The molecule has 0 aromatic heterocycles. The number of rotatable bonds is 4. The van der Waals surface area contributed by atoms with Crippen LogP contribution in [-0.2, 0) is 11.2 Å². The van der Waals surface area contributed by atoms with E-state index in [-0.39, 0.29) is 5.78 Å². The molecule has 5 heteroatoms. The van der Waals surface area contributed by atoms with Gasteiger partial charge in [0.15, 0.2) is 5.78 Å². The van der Waals surface area contributed by atoms with Gasteiger partial charge in [0.25, 0.3) is 0 Å². The summed E-state index contributed by atoms with van der Waals surface area (Å²) in [5.41, 5.74) is 7.18. The predicted octanol–water partition coefficient (Wildman–Crippen LogP) is 6.16. The van der Waals surface area contributed by atoms with Gasteiger partial charge in [-0.25, -0.2) is 0 Å². The van der Waals surface area contributed by atoms with Crippen molar-refractivity contribution in [3.05, 3.63) is 76.2 Å². The van der Waals surface area contributed by atoms with Crippen LogP contribution in [0.15, 0.2) is 65.0 Å². The molecule has 1 aromatic rings. The maximum atomic E-state index is 13.9. The summed E-state index contributed by atoms with van der Waals surface area (Å²) in [6.07, 6.45) is 12.8. The minimum Gasteiger partial charge on any atom is -0.371 e. The number of benzene rings is 1. The molecule has 5 rings (SSSR count). The first kappa shape index (κ1) is 25.5. The van der Waals surface area contributed by atoms with Crippen molar-refractivity contribution < 1.29 is 4.79 Å². The van der Waals surface area contributed by atoms with E-state index in [4.69, 9.17) is 0 Å². The number of hydrogen-bond acceptors (Lipinski definition) is 5. The average molecular weight is 497 g/mol. The molecule has 4 aliphatic rings. The fourth-order valence-electron chi connectivity index (χ4n) is 6.11. The van der Waals surface area contributed by atoms with Gasteiger partial charge in [-0.05, 0) is 73.4 Å². The number of Topliss-reactive ketones (excluding diaryl/α,β-unsaturated/α-hetero) is 1. The number of likely N-dealkylation sites (tertiary alicyclic amines) is 1. The largest absolute Gasteiger partial charge is 0.371 e. The third-order valence-electron chi connectivity index (χ3n) is 8.95. The van der Waals surface area contributed by atoms with Crippen LogP contribution in [-0.4, -0.2) is 35.9 Å². The third kappa shape index (κ3) is 5.05. The molecule has 0 spiro atoms. The normalized spacial score (nSPS) is 22.7. The summed E-state index contributed by atoms with van der Waals surface area (Å²) >= 11 is 0. The number of hydrogen-bond donors (Lipinski definition) is 2. The molecular formula is C32H40N4O. The molecule has 1 aromatic carbocycles. The zero-order valence-electron chi connectivity index (χ0n) is 22.6. The van der Waals surface area contributed by atoms with E-state index in [1.165, 1.54) is 43.4 Å². The van der Waals surface area contributed by atoms with Crippen molar-refractivity contribution in [2.75, 3.05) is 18.4 Å². The highest BCUT2D eigenvalue weighted by molar-refractivity contribution is 6.01. The van der Waals surface area contributed by atoms with Crippen LogP contribution in [0.25, 0.3) is 0 Å². The minimum atomic E-state index is -0.434. The molecule has 1 saturated heterocycles. The first-order chi connectivity index (χ1) is 17.8. The van der Waals surface area contributed by atoms with E-state index in [1.54, 1.807) is 6.07 Å². The standard InChI is InChI=1S/C32H40N4O/c1-5-23-18-27-28(11-12-30(23)36-15-13-26(14-16-36)35-25-7-6-8-25)32(3,4)21(2)34-29-17-22(20-33)9-10-24(29)19-31(27)37/h9-10,12,17-18,25-26,34-35H,2,5-8,11,13-16,19H2,1,3-4H3. The number of fused-ring (bicyclic) bond motifs is 1. The van der Waals surface area contributed by atoms with Crippen LogP contribution < -0.4 is 10.6 Å². The predicted molar refractivity (Wildman–Crippen MR) is 150 cm³/mol. The van der Waals surface area contributed by atoms with Gasteiger partial charge >= 0.3 is 0 Å². The summed E-state index contributed by atoms with van der Waals surface area (Å²) in [6, 6.07) is 9.09. The summed E-state index contributed by atoms with van der Waals surface area (Å²) in [5.74, 6) is 0.134. The molecule has 2 fully saturated rings. The van der Waals surface area contributed by atoms with E-state index in [0.29, 0.717) is 18.0 Å². The lowest BCUT2D eigenvalue weighted by Crippen LogP contribution is -2.48. The van der Waals surface area contributed by atoms with Gasteiger partial charge in [0.05, 0.1) is 11.6 Å². The van der Waals surface area contributed by atoms with E-state index in [9.17, 15) is 10.1 Å². The van der Waals surface area contributed by atoms with Crippen LogP contribution in [0.2, 0.25) is 0 Å². The summed E-state index contributed by atoms with van der Waals surface area (Å²) < 4.78 is 0. The Kier molecular flexibility index (Phi) is 7.14. The van der Waals surface area contributed by atoms with Crippen LogP contribution in [0.1, 0.15) is 76.8 Å². The van der Waals surface area contributed by atoms with E-state index in [1.807, 2.05) is 12.1 Å². The molecule has 0 atom stereocenters. The Morgan fingerprint density at radius 2 is 1.92 bits per heavy atom. The summed E-state index contributed by atoms with van der Waals surface area (Å²) in [4.78, 5) is 16.4. The van der Waals surface area contributed by atoms with Crippen LogP contribution in [0.4, 0.5) is 5.69 Å². The van der Waals surface area contributed by atoms with Crippen molar-refractivity contribution >= 4 is 11.5 Å². The number of carbonyl (C=O) groups is 1. The monoisotopic (exact) mass is 496 g/mol. The number of nitrogens with one attached hydrogen (secondary N) is 2. The zero-order chi connectivity index (χ0) is 26.2. The number of carbonyl (C=O) groups excluding carboxylic acids is 1. The molecular weight excluding hydrogens is 456 g/mol. The highest BCUT2D eigenvalue weighted by Gasteiger charge is 2.35. The van der Waals surface area contributed by atoms with E-state index < -0.39 is 5.41 Å². The maximum Gasteiger partial charge on any atom is 0.167 e. The second-order valence-corrected chi connectivity index (χ2v) is 11.6. The Hall–Kier alpha value is -3.10. The van der Waals surface area contributed by atoms with Gasteiger partial charge in [-0.3, -0.25) is 4.79 Å². The maximum absolute atomic E-state index is 13.9. The van der Waals surface area contributed by atoms with Crippen LogP contribution >= 0.6 is 0 Å². The van der Waals surface area contributed by atoms with Gasteiger partial charge in [0.2, 0.25) is 0 Å². The van der Waals surface area contributed by atoms with Crippen molar-refractivity contribution in [2.45, 2.75) is 84.2 Å². The van der Waals surface area contributed by atoms with Gasteiger partial charge in [0.1, 0.15) is 0 Å². The quantitative estimate of drug-likeness (QED) is 0.522. The topological polar surface area (TPSA) is 68.2 Å². The zero-order valence-corrected chi connectivity index (χ0v) is 22.6. The van der Waals surface area contributed by atoms with Gasteiger partial charge in [-0.2, -0.15) is 5.26 Å². The molecule has 0 radical (unpaired) electrons. The molecule has 5 nitrogen and oxygen atoms in total. The van der Waals surface area contributed by atoms with Crippen molar-refractivity contribution in [2.24, 2.45) is 5.41 Å². The van der Waals surface area contributed by atoms with Gasteiger partial charge < -0.3 is 15.5 Å². The Balaban J connectivity index is 1.44. The van der Waals surface area contributed by atoms with Crippen molar-refractivity contribution in [3.8, 4) is 6.07 Å². The highest BCUT2D eigenvalue weighted by Crippen LogP contribution is 2.43. The molecule has 2 N–H and O–H groups in total. The highest BCUT2D eigenvalue weighted by atomic mass is 16.1. The summed E-state index contributed by atoms with van der Waals surface area (Å²) in [7, 11) is 0. The lowest BCUT2D eigenvalue weighted by atomic mass is 9.76. The van der Waals surface area contributed by atoms with Crippen molar-refractivity contribution in [1.82, 2.24) is 10.2 Å². The fourth-order valence-corrected chi connectivity index (χ4v) is 6.11. The lowest BCUT2D eigenvalue weighted by Gasteiger charge is -2.39. The average Bonchev–Trinajstić information content (AvgIpc) is 3.06. The van der Waals surface area contributed by atoms with Crippen LogP contribution in [0.5, 0.6) is 0 Å². The Morgan fingerprint density at radius 3 is 2.57 bits per heavy atom. The van der Waals surface area contributed by atoms with Crippen molar-refractivity contribution in [1.29, 1.82) is 5.26 Å². The lowest BCUT2D eigenvalue weighted by molar-refractivity contribution is -0.114. The second kappa shape index (κ2) is 10.3. The molecule has 37 heavy (non-hydrogen) atoms. The molecule has 194 valence electrons. The number of piperidine rings is 1. The summed E-state index contributed by atoms with van der Waals surface area (Å²) in [6.45, 7) is 13.0. The molecule has 2 heterocycles. The van der Waals surface area contributed by atoms with Gasteiger partial charge in [0, 0.05) is 59.7 Å². The summed E-state index contributed by atoms with van der Waals surface area (Å²) in [5, 5.41) is 16.7. The molecule has 2 aliphatic carbocycles. The molecule has 0 unspecified atom stereocenters. The smallest absolute Gasteiger partial charge is 0.167 e. The number of allylic oxidation sites excluding steroid dienone is 5. The first-order valence-corrected chi connectivity index (χ1v) is 14.0. The molecule has 0 bridgehead atoms. The Labute approximate surface area is 222 Å². The van der Waals surface area contributed by atoms with E-state index >= 15 is 0 Å². The fraction of sp³-hybridized carbons (Fsp3) is 0.500. The van der Waals surface area contributed by atoms with Crippen molar-refractivity contribution in [3.63, 3.8) is 0 Å². The van der Waals surface area contributed by atoms with Crippen LogP contribution in [0, 0.1) is 16.7 Å². The second-order valence-electron chi connectivity index (χ2n) is 11.6. The van der Waals surface area contributed by atoms with E-state index in [2.05, 4.69) is 61.1 Å². The molecule has 1 saturated carbocycles. The number of nitriles is 1.